The highest BCUT2D eigenvalue weighted by Crippen LogP contribution is 2.34. The normalized spacial score (nSPS) is 13.8. The average molecular weight is 406 g/mol. The minimum absolute atomic E-state index is 0.112. The van der Waals surface area contributed by atoms with E-state index in [4.69, 9.17) is 4.74 Å². The highest BCUT2D eigenvalue weighted by molar-refractivity contribution is 5.74. The summed E-state index contributed by atoms with van der Waals surface area (Å²) in [5.41, 5.74) is 1.72. The van der Waals surface area contributed by atoms with Crippen LogP contribution in [0.5, 0.6) is 5.75 Å². The molecule has 1 N–H and O–H groups in total. The zero-order valence-electron chi connectivity index (χ0n) is 16.6. The summed E-state index contributed by atoms with van der Waals surface area (Å²) < 4.78 is 5.21. The van der Waals surface area contributed by atoms with Crippen molar-refractivity contribution >= 4 is 28.7 Å². The molecule has 2 heterocycles. The Kier molecular flexibility index (Phi) is 5.60. The van der Waals surface area contributed by atoms with Crippen LogP contribution in [0.4, 0.5) is 28.7 Å². The second-order valence-corrected chi connectivity index (χ2v) is 6.81. The van der Waals surface area contributed by atoms with Crippen molar-refractivity contribution in [2.45, 2.75) is 0 Å². The lowest BCUT2D eigenvalue weighted by atomic mass is 10.2. The first-order valence-corrected chi connectivity index (χ1v) is 9.61. The SMILES string of the molecule is COc1ccc(N2CCN(c3ncnc(Nc4ccccc4)c3[N+](=O)[O-])CC2)cc1. The van der Waals surface area contributed by atoms with Crippen LogP contribution < -0.4 is 19.9 Å². The van der Waals surface area contributed by atoms with Crippen LogP contribution in [0.15, 0.2) is 60.9 Å². The molecule has 1 saturated heterocycles. The molecule has 0 spiro atoms. The van der Waals surface area contributed by atoms with Gasteiger partial charge in [-0.2, -0.15) is 0 Å². The van der Waals surface area contributed by atoms with Crippen LogP contribution in [-0.4, -0.2) is 48.2 Å². The number of para-hydroxylation sites is 1. The monoisotopic (exact) mass is 406 g/mol. The van der Waals surface area contributed by atoms with Gasteiger partial charge >= 0.3 is 5.69 Å². The van der Waals surface area contributed by atoms with E-state index < -0.39 is 4.92 Å². The van der Waals surface area contributed by atoms with E-state index in [1.54, 1.807) is 7.11 Å². The molecule has 2 aromatic carbocycles. The summed E-state index contributed by atoms with van der Waals surface area (Å²) in [4.78, 5) is 24.0. The number of nitrogens with zero attached hydrogens (tertiary/aromatic N) is 5. The lowest BCUT2D eigenvalue weighted by Crippen LogP contribution is -2.47. The van der Waals surface area contributed by atoms with Gasteiger partial charge in [0.1, 0.15) is 12.1 Å². The van der Waals surface area contributed by atoms with Gasteiger partial charge in [0.25, 0.3) is 0 Å². The van der Waals surface area contributed by atoms with Crippen LogP contribution in [0.2, 0.25) is 0 Å². The molecule has 4 rings (SSSR count). The molecule has 30 heavy (non-hydrogen) atoms. The van der Waals surface area contributed by atoms with E-state index in [1.807, 2.05) is 59.5 Å². The van der Waals surface area contributed by atoms with Crippen molar-refractivity contribution in [3.63, 3.8) is 0 Å². The maximum atomic E-state index is 11.9. The van der Waals surface area contributed by atoms with Gasteiger partial charge in [0.15, 0.2) is 0 Å². The Morgan fingerprint density at radius 1 is 0.967 bits per heavy atom. The molecule has 3 aromatic rings. The third-order valence-electron chi connectivity index (χ3n) is 5.04. The van der Waals surface area contributed by atoms with Crippen LogP contribution >= 0.6 is 0 Å². The molecule has 1 aliphatic heterocycles. The summed E-state index contributed by atoms with van der Waals surface area (Å²) in [5, 5.41) is 14.9. The fourth-order valence-electron chi connectivity index (χ4n) is 3.49. The Bertz CT molecular complexity index is 1010. The van der Waals surface area contributed by atoms with E-state index in [-0.39, 0.29) is 11.5 Å². The summed E-state index contributed by atoms with van der Waals surface area (Å²) in [6.07, 6.45) is 1.36. The molecule has 0 amide bonds. The molecule has 0 atom stereocenters. The summed E-state index contributed by atoms with van der Waals surface area (Å²) in [6.45, 7) is 2.70. The van der Waals surface area contributed by atoms with Crippen molar-refractivity contribution in [2.24, 2.45) is 0 Å². The van der Waals surface area contributed by atoms with Crippen molar-refractivity contribution in [3.05, 3.63) is 71.0 Å². The number of ether oxygens (including phenoxy) is 1. The van der Waals surface area contributed by atoms with Crippen LogP contribution in [0, 0.1) is 10.1 Å². The van der Waals surface area contributed by atoms with Crippen LogP contribution in [0.25, 0.3) is 0 Å². The highest BCUT2D eigenvalue weighted by atomic mass is 16.6. The number of anilines is 4. The molecule has 0 saturated carbocycles. The van der Waals surface area contributed by atoms with E-state index in [0.717, 1.165) is 30.2 Å². The average Bonchev–Trinajstić information content (AvgIpc) is 2.79. The molecule has 1 aromatic heterocycles. The highest BCUT2D eigenvalue weighted by Gasteiger charge is 2.29. The standard InChI is InChI=1S/C21H22N6O3/c1-30-18-9-7-17(8-10-18)25-11-13-26(14-12-25)21-19(27(28)29)20(22-15-23-21)24-16-5-3-2-4-6-16/h2-10,15H,11-14H2,1H3,(H,22,23,24). The lowest BCUT2D eigenvalue weighted by Gasteiger charge is -2.36. The number of methoxy groups -OCH3 is 1. The molecule has 1 fully saturated rings. The van der Waals surface area contributed by atoms with Gasteiger partial charge in [-0.15, -0.1) is 0 Å². The zero-order valence-corrected chi connectivity index (χ0v) is 16.6. The quantitative estimate of drug-likeness (QED) is 0.491. The Labute approximate surface area is 174 Å². The Balaban J connectivity index is 1.52. The van der Waals surface area contributed by atoms with Gasteiger partial charge in [-0.3, -0.25) is 10.1 Å². The van der Waals surface area contributed by atoms with Gasteiger partial charge in [-0.1, -0.05) is 18.2 Å². The second kappa shape index (κ2) is 8.64. The lowest BCUT2D eigenvalue weighted by molar-refractivity contribution is -0.383. The van der Waals surface area contributed by atoms with Crippen molar-refractivity contribution < 1.29 is 9.66 Å². The first kappa shape index (κ1) is 19.4. The van der Waals surface area contributed by atoms with Crippen molar-refractivity contribution in [1.29, 1.82) is 0 Å². The fraction of sp³-hybridized carbons (Fsp3) is 0.238. The van der Waals surface area contributed by atoms with Gasteiger partial charge in [0, 0.05) is 37.6 Å². The van der Waals surface area contributed by atoms with Crippen LogP contribution in [0.3, 0.4) is 0 Å². The first-order chi connectivity index (χ1) is 14.7. The van der Waals surface area contributed by atoms with Gasteiger partial charge in [-0.25, -0.2) is 9.97 Å². The maximum absolute atomic E-state index is 11.9. The predicted octanol–water partition coefficient (Wildman–Crippen LogP) is 3.46. The van der Waals surface area contributed by atoms with E-state index in [9.17, 15) is 10.1 Å². The van der Waals surface area contributed by atoms with E-state index in [1.165, 1.54) is 6.33 Å². The fourth-order valence-corrected chi connectivity index (χ4v) is 3.49. The molecule has 1 aliphatic rings. The molecular formula is C21H22N6O3. The van der Waals surface area contributed by atoms with E-state index in [0.29, 0.717) is 18.9 Å². The van der Waals surface area contributed by atoms with Gasteiger partial charge in [0.2, 0.25) is 11.6 Å². The number of piperazine rings is 1. The number of hydrogen-bond donors (Lipinski definition) is 1. The maximum Gasteiger partial charge on any atom is 0.353 e. The summed E-state index contributed by atoms with van der Waals surface area (Å²) >= 11 is 0. The molecule has 154 valence electrons. The number of rotatable bonds is 6. The number of aromatic nitrogens is 2. The van der Waals surface area contributed by atoms with Gasteiger partial charge in [-0.05, 0) is 36.4 Å². The van der Waals surface area contributed by atoms with Crippen LogP contribution in [0.1, 0.15) is 0 Å². The summed E-state index contributed by atoms with van der Waals surface area (Å²) in [6, 6.07) is 17.2. The first-order valence-electron chi connectivity index (χ1n) is 9.61. The summed E-state index contributed by atoms with van der Waals surface area (Å²) in [7, 11) is 1.64. The molecule has 9 heteroatoms. The second-order valence-electron chi connectivity index (χ2n) is 6.81. The Morgan fingerprint density at radius 3 is 2.27 bits per heavy atom. The topological polar surface area (TPSA) is 96.7 Å². The van der Waals surface area contributed by atoms with E-state index in [2.05, 4.69) is 20.2 Å². The minimum Gasteiger partial charge on any atom is -0.497 e. The number of nitrogens with one attached hydrogen (secondary N) is 1. The van der Waals surface area contributed by atoms with Crippen molar-refractivity contribution in [3.8, 4) is 5.75 Å². The molecular weight excluding hydrogens is 384 g/mol. The van der Waals surface area contributed by atoms with Gasteiger partial charge in [0.05, 0.1) is 12.0 Å². The van der Waals surface area contributed by atoms with Crippen LogP contribution in [-0.2, 0) is 0 Å². The zero-order chi connectivity index (χ0) is 20.9. The smallest absolute Gasteiger partial charge is 0.353 e. The number of hydrogen-bond acceptors (Lipinski definition) is 8. The number of benzene rings is 2. The molecule has 0 bridgehead atoms. The molecule has 9 nitrogen and oxygen atoms in total. The number of nitro groups is 1. The molecule has 0 unspecified atom stereocenters. The Hall–Kier alpha value is -3.88. The van der Waals surface area contributed by atoms with E-state index >= 15 is 0 Å². The molecule has 0 aliphatic carbocycles. The predicted molar refractivity (Wildman–Crippen MR) is 116 cm³/mol. The van der Waals surface area contributed by atoms with Crippen molar-refractivity contribution in [1.82, 2.24) is 9.97 Å². The largest absolute Gasteiger partial charge is 0.497 e. The minimum atomic E-state index is -0.420. The molecule has 0 radical (unpaired) electrons. The van der Waals surface area contributed by atoms with Crippen molar-refractivity contribution in [2.75, 3.05) is 48.4 Å². The third kappa shape index (κ3) is 4.09. The third-order valence-corrected chi connectivity index (χ3v) is 5.04. The van der Waals surface area contributed by atoms with Gasteiger partial charge < -0.3 is 19.9 Å². The summed E-state index contributed by atoms with van der Waals surface area (Å²) in [5.74, 6) is 1.34. The Morgan fingerprint density at radius 2 is 1.63 bits per heavy atom.